The predicted molar refractivity (Wildman–Crippen MR) is 76.0 cm³/mol. The first-order chi connectivity index (χ1) is 9.28. The summed E-state index contributed by atoms with van der Waals surface area (Å²) in [4.78, 5) is 16.5. The predicted octanol–water partition coefficient (Wildman–Crippen LogP) is 0.242. The Balaban J connectivity index is 1.59. The van der Waals surface area contributed by atoms with E-state index in [1.54, 1.807) is 0 Å². The minimum atomic E-state index is 0.136. The molecule has 1 N–H and O–H groups in total. The van der Waals surface area contributed by atoms with Crippen molar-refractivity contribution in [1.82, 2.24) is 19.7 Å². The average Bonchev–Trinajstić information content (AvgIpc) is 2.93. The number of carbonyl (C=O) groups is 1. The van der Waals surface area contributed by atoms with Crippen LogP contribution in [-0.4, -0.2) is 66.1 Å². The zero-order valence-electron chi connectivity index (χ0n) is 11.7. The molecule has 0 spiro atoms. The zero-order valence-corrected chi connectivity index (χ0v) is 11.7. The van der Waals surface area contributed by atoms with Gasteiger partial charge in [0.1, 0.15) is 0 Å². The summed E-state index contributed by atoms with van der Waals surface area (Å²) in [5.41, 5.74) is 0. The van der Waals surface area contributed by atoms with Crippen LogP contribution in [0.1, 0.15) is 6.92 Å². The Morgan fingerprint density at radius 2 is 1.74 bits per heavy atom. The lowest BCUT2D eigenvalue weighted by molar-refractivity contribution is -0.122. The van der Waals surface area contributed by atoms with E-state index in [0.29, 0.717) is 13.1 Å². The smallest absolute Gasteiger partial charge is 0.234 e. The van der Waals surface area contributed by atoms with Crippen molar-refractivity contribution in [2.24, 2.45) is 0 Å². The van der Waals surface area contributed by atoms with Gasteiger partial charge in [-0.05, 0) is 18.7 Å². The highest BCUT2D eigenvalue weighted by atomic mass is 16.2. The summed E-state index contributed by atoms with van der Waals surface area (Å²) in [6.07, 6.45) is 4.02. The number of piperazine rings is 1. The van der Waals surface area contributed by atoms with Gasteiger partial charge in [0.25, 0.3) is 0 Å². The molecule has 2 rings (SSSR count). The second-order valence-corrected chi connectivity index (χ2v) is 4.98. The van der Waals surface area contributed by atoms with Gasteiger partial charge in [0.05, 0.1) is 6.54 Å². The van der Waals surface area contributed by atoms with Crippen LogP contribution in [0.5, 0.6) is 0 Å². The van der Waals surface area contributed by atoms with E-state index in [-0.39, 0.29) is 5.91 Å². The fraction of sp³-hybridized carbons (Fsp3) is 0.643. The Morgan fingerprint density at radius 3 is 2.37 bits per heavy atom. The topological polar surface area (TPSA) is 40.5 Å². The van der Waals surface area contributed by atoms with Gasteiger partial charge in [0.15, 0.2) is 0 Å². The van der Waals surface area contributed by atoms with Crippen molar-refractivity contribution in [2.75, 3.05) is 45.8 Å². The van der Waals surface area contributed by atoms with Crippen LogP contribution in [0.2, 0.25) is 0 Å². The zero-order chi connectivity index (χ0) is 13.5. The van der Waals surface area contributed by atoms with Crippen molar-refractivity contribution >= 4 is 5.91 Å². The molecule has 0 radical (unpaired) electrons. The van der Waals surface area contributed by atoms with Gasteiger partial charge in [-0.15, -0.1) is 0 Å². The second kappa shape index (κ2) is 7.31. The number of nitrogens with zero attached hydrogens (tertiary/aromatic N) is 3. The molecule has 2 heterocycles. The van der Waals surface area contributed by atoms with Gasteiger partial charge in [0, 0.05) is 51.7 Å². The van der Waals surface area contributed by atoms with Crippen LogP contribution in [0, 0.1) is 0 Å². The second-order valence-electron chi connectivity index (χ2n) is 4.98. The van der Waals surface area contributed by atoms with E-state index in [0.717, 1.165) is 39.3 Å². The lowest BCUT2D eigenvalue weighted by Crippen LogP contribution is -2.49. The summed E-state index contributed by atoms with van der Waals surface area (Å²) in [5, 5.41) is 2.98. The first-order valence-corrected chi connectivity index (χ1v) is 7.10. The minimum absolute atomic E-state index is 0.136. The van der Waals surface area contributed by atoms with Gasteiger partial charge in [0.2, 0.25) is 5.91 Å². The number of nitrogens with one attached hydrogen (secondary N) is 1. The number of likely N-dealkylation sites (N-methyl/N-ethyl adjacent to an activating group) is 1. The van der Waals surface area contributed by atoms with E-state index < -0.39 is 0 Å². The molecule has 1 aliphatic heterocycles. The first-order valence-electron chi connectivity index (χ1n) is 7.10. The standard InChI is InChI=1S/C14H24N4O/c1-2-16-9-11-18(12-10-16)13-14(19)15-5-8-17-6-3-4-7-17/h3-4,6-7H,2,5,8-13H2,1H3,(H,15,19). The third-order valence-electron chi connectivity index (χ3n) is 3.64. The van der Waals surface area contributed by atoms with Gasteiger partial charge < -0.3 is 14.8 Å². The van der Waals surface area contributed by atoms with Crippen LogP contribution >= 0.6 is 0 Å². The normalized spacial score (nSPS) is 17.5. The van der Waals surface area contributed by atoms with E-state index in [9.17, 15) is 4.79 Å². The monoisotopic (exact) mass is 264 g/mol. The Hall–Kier alpha value is -1.33. The molecule has 0 atom stereocenters. The number of amides is 1. The third-order valence-corrected chi connectivity index (χ3v) is 3.64. The molecule has 5 nitrogen and oxygen atoms in total. The molecule has 0 aromatic carbocycles. The van der Waals surface area contributed by atoms with Crippen molar-refractivity contribution in [2.45, 2.75) is 13.5 Å². The molecule has 5 heteroatoms. The lowest BCUT2D eigenvalue weighted by atomic mass is 10.3. The number of hydrogen-bond acceptors (Lipinski definition) is 3. The lowest BCUT2D eigenvalue weighted by Gasteiger charge is -2.33. The Labute approximate surface area is 115 Å². The highest BCUT2D eigenvalue weighted by molar-refractivity contribution is 5.77. The number of hydrogen-bond donors (Lipinski definition) is 1. The van der Waals surface area contributed by atoms with Crippen molar-refractivity contribution in [3.05, 3.63) is 24.5 Å². The number of rotatable bonds is 6. The van der Waals surface area contributed by atoms with Crippen molar-refractivity contribution < 1.29 is 4.79 Å². The molecule has 1 fully saturated rings. The minimum Gasteiger partial charge on any atom is -0.353 e. The third kappa shape index (κ3) is 4.69. The summed E-state index contributed by atoms with van der Waals surface area (Å²) >= 11 is 0. The molecule has 106 valence electrons. The van der Waals surface area contributed by atoms with Crippen LogP contribution in [0.15, 0.2) is 24.5 Å². The summed E-state index contributed by atoms with van der Waals surface area (Å²) < 4.78 is 2.07. The molecule has 0 bridgehead atoms. The SMILES string of the molecule is CCN1CCN(CC(=O)NCCn2cccc2)CC1. The molecule has 1 amide bonds. The molecule has 0 saturated carbocycles. The number of carbonyl (C=O) groups excluding carboxylic acids is 1. The Kier molecular flexibility index (Phi) is 5.42. The molecular formula is C14H24N4O. The van der Waals surface area contributed by atoms with E-state index in [4.69, 9.17) is 0 Å². The molecular weight excluding hydrogens is 240 g/mol. The number of aromatic nitrogens is 1. The van der Waals surface area contributed by atoms with Crippen molar-refractivity contribution in [3.8, 4) is 0 Å². The molecule has 0 aliphatic carbocycles. The van der Waals surface area contributed by atoms with E-state index in [1.165, 1.54) is 0 Å². The van der Waals surface area contributed by atoms with E-state index in [2.05, 4.69) is 26.6 Å². The highest BCUT2D eigenvalue weighted by Gasteiger charge is 2.17. The van der Waals surface area contributed by atoms with E-state index >= 15 is 0 Å². The van der Waals surface area contributed by atoms with Gasteiger partial charge in [-0.1, -0.05) is 6.92 Å². The Bertz CT molecular complexity index is 369. The van der Waals surface area contributed by atoms with Crippen molar-refractivity contribution in [3.63, 3.8) is 0 Å². The molecule has 0 unspecified atom stereocenters. The largest absolute Gasteiger partial charge is 0.353 e. The summed E-state index contributed by atoms with van der Waals surface area (Å²) in [5.74, 6) is 0.136. The highest BCUT2D eigenvalue weighted by Crippen LogP contribution is 2.00. The van der Waals surface area contributed by atoms with E-state index in [1.807, 2.05) is 24.5 Å². The van der Waals surface area contributed by atoms with Gasteiger partial charge in [-0.25, -0.2) is 0 Å². The van der Waals surface area contributed by atoms with Crippen molar-refractivity contribution in [1.29, 1.82) is 0 Å². The van der Waals surface area contributed by atoms with Crippen LogP contribution in [0.3, 0.4) is 0 Å². The fourth-order valence-corrected chi connectivity index (χ4v) is 2.37. The molecule has 1 aromatic rings. The van der Waals surface area contributed by atoms with Gasteiger partial charge >= 0.3 is 0 Å². The quantitative estimate of drug-likeness (QED) is 0.800. The molecule has 1 saturated heterocycles. The van der Waals surface area contributed by atoms with Gasteiger partial charge in [-0.3, -0.25) is 9.69 Å². The first kappa shape index (κ1) is 14.1. The summed E-state index contributed by atoms with van der Waals surface area (Å²) in [6.45, 7) is 9.51. The van der Waals surface area contributed by atoms with Crippen LogP contribution in [-0.2, 0) is 11.3 Å². The summed E-state index contributed by atoms with van der Waals surface area (Å²) in [7, 11) is 0. The maximum absolute atomic E-state index is 11.8. The average molecular weight is 264 g/mol. The maximum Gasteiger partial charge on any atom is 0.234 e. The van der Waals surface area contributed by atoms with Crippen LogP contribution in [0.25, 0.3) is 0 Å². The van der Waals surface area contributed by atoms with Gasteiger partial charge in [-0.2, -0.15) is 0 Å². The maximum atomic E-state index is 11.8. The summed E-state index contributed by atoms with van der Waals surface area (Å²) in [6, 6.07) is 3.99. The molecule has 1 aliphatic rings. The van der Waals surface area contributed by atoms with Crippen LogP contribution < -0.4 is 5.32 Å². The molecule has 1 aromatic heterocycles. The Morgan fingerprint density at radius 1 is 1.11 bits per heavy atom. The molecule has 19 heavy (non-hydrogen) atoms. The fourth-order valence-electron chi connectivity index (χ4n) is 2.37. The van der Waals surface area contributed by atoms with Crippen LogP contribution in [0.4, 0.5) is 0 Å².